The number of rotatable bonds is 14. The molecule has 0 bridgehead atoms. The normalized spacial score (nSPS) is 11.2. The van der Waals surface area contributed by atoms with Gasteiger partial charge in [-0.2, -0.15) is 0 Å². The van der Waals surface area contributed by atoms with Crippen LogP contribution in [0.15, 0.2) is 10.5 Å². The lowest BCUT2D eigenvalue weighted by atomic mass is 10.0. The van der Waals surface area contributed by atoms with Crippen LogP contribution >= 0.6 is 27.5 Å². The van der Waals surface area contributed by atoms with Crippen molar-refractivity contribution >= 4 is 27.5 Å². The third-order valence-electron chi connectivity index (χ3n) is 4.79. The Labute approximate surface area is 167 Å². The number of phenolic OH excluding ortho intramolecular Hbond substituents is 2. The molecule has 144 valence electrons. The van der Waals surface area contributed by atoms with Crippen LogP contribution in [0.4, 0.5) is 0 Å². The number of hydrogen-bond donors (Lipinski definition) is 2. The summed E-state index contributed by atoms with van der Waals surface area (Å²) in [4.78, 5) is 0. The summed E-state index contributed by atoms with van der Waals surface area (Å²) in [5.74, 6) is 0.178. The first-order valence-electron chi connectivity index (χ1n) is 9.96. The van der Waals surface area contributed by atoms with E-state index >= 15 is 0 Å². The van der Waals surface area contributed by atoms with E-state index in [2.05, 4.69) is 22.9 Å². The first-order chi connectivity index (χ1) is 12.1. The highest BCUT2D eigenvalue weighted by Gasteiger charge is 2.13. The van der Waals surface area contributed by atoms with Crippen molar-refractivity contribution < 1.29 is 10.2 Å². The second-order valence-electron chi connectivity index (χ2n) is 7.02. The summed E-state index contributed by atoms with van der Waals surface area (Å²) in [6.45, 7) is 2.26. The lowest BCUT2D eigenvalue weighted by molar-refractivity contribution is 0.449. The molecule has 4 heteroatoms. The van der Waals surface area contributed by atoms with Gasteiger partial charge in [-0.25, -0.2) is 0 Å². The minimum atomic E-state index is 0.0241. The Morgan fingerprint density at radius 2 is 1.24 bits per heavy atom. The van der Waals surface area contributed by atoms with Crippen molar-refractivity contribution in [3.05, 3.63) is 21.1 Å². The van der Waals surface area contributed by atoms with Crippen molar-refractivity contribution in [2.75, 3.05) is 0 Å². The Hall–Kier alpha value is -0.410. The highest BCUT2D eigenvalue weighted by atomic mass is 79.9. The van der Waals surface area contributed by atoms with Gasteiger partial charge in [0, 0.05) is 0 Å². The average molecular weight is 434 g/mol. The van der Waals surface area contributed by atoms with E-state index in [0.717, 1.165) is 24.8 Å². The van der Waals surface area contributed by atoms with E-state index in [1.165, 1.54) is 70.6 Å². The summed E-state index contributed by atoms with van der Waals surface area (Å²) >= 11 is 9.10. The fourth-order valence-electron chi connectivity index (χ4n) is 3.18. The van der Waals surface area contributed by atoms with Crippen molar-refractivity contribution in [1.29, 1.82) is 0 Å². The van der Waals surface area contributed by atoms with Crippen LogP contribution in [0, 0.1) is 0 Å². The largest absolute Gasteiger partial charge is 0.506 e. The fraction of sp³-hybridized carbons (Fsp3) is 0.714. The lowest BCUT2D eigenvalue weighted by Crippen LogP contribution is -1.89. The Bertz CT molecular complexity index is 491. The predicted octanol–water partition coefficient (Wildman–Crippen LogP) is 8.15. The number of aryl methyl sites for hydroxylation is 1. The maximum absolute atomic E-state index is 10.1. The topological polar surface area (TPSA) is 40.5 Å². The van der Waals surface area contributed by atoms with Crippen molar-refractivity contribution in [3.8, 4) is 11.5 Å². The van der Waals surface area contributed by atoms with Gasteiger partial charge in [-0.3, -0.25) is 0 Å². The first-order valence-corrected chi connectivity index (χ1v) is 11.1. The van der Waals surface area contributed by atoms with Crippen LogP contribution in [-0.2, 0) is 6.42 Å². The number of halogens is 2. The second kappa shape index (κ2) is 13.7. The van der Waals surface area contributed by atoms with Gasteiger partial charge in [-0.05, 0) is 40.4 Å². The van der Waals surface area contributed by atoms with Gasteiger partial charge in [-0.15, -0.1) is 0 Å². The van der Waals surface area contributed by atoms with Crippen LogP contribution in [0.5, 0.6) is 11.5 Å². The molecule has 1 aromatic rings. The molecule has 1 rings (SSSR count). The van der Waals surface area contributed by atoms with Crippen LogP contribution in [0.1, 0.15) is 96.0 Å². The molecule has 0 aromatic heterocycles. The Balaban J connectivity index is 2.01. The van der Waals surface area contributed by atoms with E-state index in [0.29, 0.717) is 4.47 Å². The minimum Gasteiger partial charge on any atom is -0.506 e. The molecule has 0 aliphatic heterocycles. The smallest absolute Gasteiger partial charge is 0.135 e. The molecule has 0 aliphatic carbocycles. The summed E-state index contributed by atoms with van der Waals surface area (Å²) in [7, 11) is 0. The maximum atomic E-state index is 10.1. The Morgan fingerprint density at radius 3 is 1.72 bits per heavy atom. The number of benzene rings is 1. The molecule has 25 heavy (non-hydrogen) atoms. The molecule has 2 nitrogen and oxygen atoms in total. The molecule has 0 heterocycles. The first kappa shape index (κ1) is 22.6. The maximum Gasteiger partial charge on any atom is 0.135 e. The molecule has 0 atom stereocenters. The second-order valence-corrected chi connectivity index (χ2v) is 8.19. The molecule has 0 spiro atoms. The zero-order valence-corrected chi connectivity index (χ0v) is 18.0. The third-order valence-corrected chi connectivity index (χ3v) is 6.17. The van der Waals surface area contributed by atoms with Gasteiger partial charge < -0.3 is 10.2 Å². The molecule has 0 saturated heterocycles. The monoisotopic (exact) mass is 432 g/mol. The average Bonchev–Trinajstić information content (AvgIpc) is 2.61. The number of hydrogen-bond acceptors (Lipinski definition) is 2. The summed E-state index contributed by atoms with van der Waals surface area (Å²) in [6.07, 6.45) is 18.0. The summed E-state index contributed by atoms with van der Waals surface area (Å²) in [5, 5.41) is 20.0. The molecule has 0 fully saturated rings. The van der Waals surface area contributed by atoms with E-state index in [1.54, 1.807) is 6.07 Å². The van der Waals surface area contributed by atoms with Crippen LogP contribution in [-0.4, -0.2) is 10.2 Å². The van der Waals surface area contributed by atoms with Crippen molar-refractivity contribution in [2.24, 2.45) is 0 Å². The summed E-state index contributed by atoms with van der Waals surface area (Å²) < 4.78 is 0.388. The van der Waals surface area contributed by atoms with Crippen molar-refractivity contribution in [2.45, 2.75) is 96.8 Å². The van der Waals surface area contributed by atoms with Gasteiger partial charge in [-0.1, -0.05) is 95.6 Å². The number of phenols is 2. The Morgan fingerprint density at radius 1 is 0.800 bits per heavy atom. The number of aromatic hydroxyl groups is 2. The van der Waals surface area contributed by atoms with Gasteiger partial charge in [0.05, 0.1) is 4.47 Å². The molecule has 0 unspecified atom stereocenters. The predicted molar refractivity (Wildman–Crippen MR) is 112 cm³/mol. The van der Waals surface area contributed by atoms with Gasteiger partial charge in [0.2, 0.25) is 0 Å². The van der Waals surface area contributed by atoms with E-state index in [4.69, 9.17) is 11.6 Å². The fourth-order valence-corrected chi connectivity index (χ4v) is 3.78. The van der Waals surface area contributed by atoms with Crippen molar-refractivity contribution in [1.82, 2.24) is 0 Å². The van der Waals surface area contributed by atoms with E-state index in [9.17, 15) is 10.2 Å². The quantitative estimate of drug-likeness (QED) is 0.229. The highest BCUT2D eigenvalue weighted by molar-refractivity contribution is 9.10. The molecule has 0 aliphatic rings. The SMILES string of the molecule is CCCCCCCCCCCCCCCc1cc(O)c(Cl)c(Br)c1O. The molecule has 0 radical (unpaired) electrons. The standard InChI is InChI=1S/C21H34BrClO2/c1-2-3-4-5-6-7-8-9-10-11-12-13-14-15-17-16-18(24)20(23)19(22)21(17)25/h16,24-25H,2-15H2,1H3. The third kappa shape index (κ3) is 9.19. The van der Waals surface area contributed by atoms with Gasteiger partial charge in [0.25, 0.3) is 0 Å². The van der Waals surface area contributed by atoms with Crippen LogP contribution in [0.3, 0.4) is 0 Å². The van der Waals surface area contributed by atoms with Gasteiger partial charge in [0.1, 0.15) is 16.5 Å². The van der Waals surface area contributed by atoms with Crippen LogP contribution in [0.2, 0.25) is 5.02 Å². The summed E-state index contributed by atoms with van der Waals surface area (Å²) in [5.41, 5.74) is 0.761. The Kier molecular flexibility index (Phi) is 12.4. The zero-order chi connectivity index (χ0) is 18.5. The van der Waals surface area contributed by atoms with Gasteiger partial charge >= 0.3 is 0 Å². The highest BCUT2D eigenvalue weighted by Crippen LogP contribution is 2.41. The van der Waals surface area contributed by atoms with Gasteiger partial charge in [0.15, 0.2) is 0 Å². The zero-order valence-electron chi connectivity index (χ0n) is 15.6. The molecular weight excluding hydrogens is 400 g/mol. The van der Waals surface area contributed by atoms with E-state index in [-0.39, 0.29) is 16.5 Å². The lowest BCUT2D eigenvalue weighted by Gasteiger charge is -2.09. The molecule has 2 N–H and O–H groups in total. The molecular formula is C21H34BrClO2. The molecule has 0 saturated carbocycles. The molecule has 1 aromatic carbocycles. The van der Waals surface area contributed by atoms with Crippen LogP contribution < -0.4 is 0 Å². The van der Waals surface area contributed by atoms with E-state index in [1.807, 2.05) is 0 Å². The van der Waals surface area contributed by atoms with Crippen LogP contribution in [0.25, 0.3) is 0 Å². The minimum absolute atomic E-state index is 0.0241. The van der Waals surface area contributed by atoms with E-state index < -0.39 is 0 Å². The van der Waals surface area contributed by atoms with Crippen molar-refractivity contribution in [3.63, 3.8) is 0 Å². The number of unbranched alkanes of at least 4 members (excludes halogenated alkanes) is 12. The summed E-state index contributed by atoms with van der Waals surface area (Å²) in [6, 6.07) is 1.57. The molecule has 0 amide bonds.